The van der Waals surface area contributed by atoms with Gasteiger partial charge in [-0.1, -0.05) is 13.8 Å². The SMILES string of the molecule is CCC(CC)N(CCO)c1sc([C@@H](C)O)cc1[N+](=O)[O-]. The predicted molar refractivity (Wildman–Crippen MR) is 80.4 cm³/mol. The normalized spacial score (nSPS) is 12.7. The standard InChI is InChI=1S/C13H22N2O4S/c1-4-10(5-2)14(6-7-16)13-11(15(18)19)8-12(20-13)9(3)17/h8-10,16-17H,4-7H2,1-3H3/t9-/m1/s1. The van der Waals surface area contributed by atoms with E-state index in [0.717, 1.165) is 12.8 Å². The Morgan fingerprint density at radius 1 is 1.45 bits per heavy atom. The number of thiophene rings is 1. The molecule has 0 bridgehead atoms. The first kappa shape index (κ1) is 16.9. The van der Waals surface area contributed by atoms with E-state index in [1.54, 1.807) is 6.92 Å². The Morgan fingerprint density at radius 3 is 2.45 bits per heavy atom. The van der Waals surface area contributed by atoms with Gasteiger partial charge in [-0.3, -0.25) is 10.1 Å². The molecule has 0 radical (unpaired) electrons. The number of nitro groups is 1. The Hall–Kier alpha value is -1.18. The van der Waals surface area contributed by atoms with Gasteiger partial charge in [0.15, 0.2) is 5.00 Å². The van der Waals surface area contributed by atoms with E-state index in [-0.39, 0.29) is 18.3 Å². The molecule has 1 rings (SSSR count). The second kappa shape index (κ2) is 7.56. The van der Waals surface area contributed by atoms with E-state index in [2.05, 4.69) is 0 Å². The highest BCUT2D eigenvalue weighted by molar-refractivity contribution is 7.16. The van der Waals surface area contributed by atoms with Gasteiger partial charge in [0.1, 0.15) is 0 Å². The lowest BCUT2D eigenvalue weighted by molar-refractivity contribution is -0.383. The molecule has 7 heteroatoms. The molecule has 0 aliphatic rings. The van der Waals surface area contributed by atoms with Gasteiger partial charge in [0.2, 0.25) is 0 Å². The maximum absolute atomic E-state index is 11.2. The monoisotopic (exact) mass is 302 g/mol. The fourth-order valence-corrected chi connectivity index (χ4v) is 3.38. The number of aliphatic hydroxyl groups is 2. The number of hydrogen-bond donors (Lipinski definition) is 2. The minimum atomic E-state index is -0.731. The topological polar surface area (TPSA) is 86.8 Å². The molecule has 0 fully saturated rings. The maximum atomic E-state index is 11.2. The smallest absolute Gasteiger partial charge is 0.304 e. The van der Waals surface area contributed by atoms with Gasteiger partial charge in [0.25, 0.3) is 0 Å². The summed E-state index contributed by atoms with van der Waals surface area (Å²) in [5.41, 5.74) is 0.00579. The molecule has 0 unspecified atom stereocenters. The molecule has 1 atom stereocenters. The molecule has 0 spiro atoms. The van der Waals surface area contributed by atoms with Gasteiger partial charge in [0, 0.05) is 23.5 Å². The maximum Gasteiger partial charge on any atom is 0.304 e. The van der Waals surface area contributed by atoms with Crippen molar-refractivity contribution in [3.05, 3.63) is 21.1 Å². The third-order valence-electron chi connectivity index (χ3n) is 3.31. The zero-order valence-electron chi connectivity index (χ0n) is 12.1. The minimum absolute atomic E-state index is 0.00579. The van der Waals surface area contributed by atoms with Crippen LogP contribution in [0.1, 0.15) is 44.6 Å². The zero-order chi connectivity index (χ0) is 15.3. The molecule has 0 saturated carbocycles. The molecule has 0 aliphatic carbocycles. The summed E-state index contributed by atoms with van der Waals surface area (Å²) in [6.07, 6.45) is 0.954. The van der Waals surface area contributed by atoms with Gasteiger partial charge in [0.05, 0.1) is 17.6 Å². The molecule has 20 heavy (non-hydrogen) atoms. The van der Waals surface area contributed by atoms with Crippen LogP contribution in [0.25, 0.3) is 0 Å². The lowest BCUT2D eigenvalue weighted by Gasteiger charge is -2.30. The molecule has 0 aliphatic heterocycles. The number of rotatable bonds is 8. The van der Waals surface area contributed by atoms with Gasteiger partial charge < -0.3 is 15.1 Å². The summed E-state index contributed by atoms with van der Waals surface area (Å²) >= 11 is 1.23. The molecular weight excluding hydrogens is 280 g/mol. The summed E-state index contributed by atoms with van der Waals surface area (Å²) < 4.78 is 0. The van der Waals surface area contributed by atoms with Crippen molar-refractivity contribution in [2.24, 2.45) is 0 Å². The molecular formula is C13H22N2O4S. The molecule has 1 heterocycles. The first-order chi connectivity index (χ1) is 9.46. The van der Waals surface area contributed by atoms with Gasteiger partial charge in [-0.05, 0) is 19.8 Å². The molecule has 1 aromatic heterocycles. The van der Waals surface area contributed by atoms with Crippen molar-refractivity contribution in [3.8, 4) is 0 Å². The molecule has 6 nitrogen and oxygen atoms in total. The number of aliphatic hydroxyl groups excluding tert-OH is 2. The fraction of sp³-hybridized carbons (Fsp3) is 0.692. The van der Waals surface area contributed by atoms with Crippen molar-refractivity contribution < 1.29 is 15.1 Å². The Morgan fingerprint density at radius 2 is 2.05 bits per heavy atom. The lowest BCUT2D eigenvalue weighted by Crippen LogP contribution is -2.36. The average molecular weight is 302 g/mol. The largest absolute Gasteiger partial charge is 0.395 e. The quantitative estimate of drug-likeness (QED) is 0.569. The second-order valence-corrected chi connectivity index (χ2v) is 5.72. The molecule has 0 aromatic carbocycles. The first-order valence-corrected chi connectivity index (χ1v) is 7.61. The van der Waals surface area contributed by atoms with E-state index in [9.17, 15) is 20.3 Å². The van der Waals surface area contributed by atoms with Crippen LogP contribution in [0, 0.1) is 10.1 Å². The highest BCUT2D eigenvalue weighted by Gasteiger charge is 2.28. The van der Waals surface area contributed by atoms with Gasteiger partial charge in [-0.15, -0.1) is 11.3 Å². The average Bonchev–Trinajstić information content (AvgIpc) is 2.84. The summed E-state index contributed by atoms with van der Waals surface area (Å²) in [7, 11) is 0. The van der Waals surface area contributed by atoms with Crippen LogP contribution in [0.4, 0.5) is 10.7 Å². The Labute approximate surface area is 122 Å². The fourth-order valence-electron chi connectivity index (χ4n) is 2.22. The van der Waals surface area contributed by atoms with Gasteiger partial charge in [-0.25, -0.2) is 0 Å². The van der Waals surface area contributed by atoms with Crippen molar-refractivity contribution in [2.75, 3.05) is 18.1 Å². The Kier molecular flexibility index (Phi) is 6.38. The number of hydrogen-bond acceptors (Lipinski definition) is 6. The summed E-state index contributed by atoms with van der Waals surface area (Å²) in [6, 6.07) is 1.57. The summed E-state index contributed by atoms with van der Waals surface area (Å²) in [5.74, 6) is 0. The van der Waals surface area contributed by atoms with Crippen LogP contribution in [0.15, 0.2) is 6.07 Å². The minimum Gasteiger partial charge on any atom is -0.395 e. The van der Waals surface area contributed by atoms with Crippen LogP contribution in [0.5, 0.6) is 0 Å². The third-order valence-corrected chi connectivity index (χ3v) is 4.64. The van der Waals surface area contributed by atoms with E-state index in [1.807, 2.05) is 18.7 Å². The third kappa shape index (κ3) is 3.68. The van der Waals surface area contributed by atoms with Crippen LogP contribution in [0.3, 0.4) is 0 Å². The summed E-state index contributed by atoms with van der Waals surface area (Å²) in [4.78, 5) is 13.2. The van der Waals surface area contributed by atoms with E-state index in [1.165, 1.54) is 17.4 Å². The van der Waals surface area contributed by atoms with Crippen molar-refractivity contribution in [1.82, 2.24) is 0 Å². The van der Waals surface area contributed by atoms with E-state index >= 15 is 0 Å². The molecule has 114 valence electrons. The van der Waals surface area contributed by atoms with Crippen LogP contribution in [-0.2, 0) is 0 Å². The van der Waals surface area contributed by atoms with E-state index in [0.29, 0.717) is 16.4 Å². The Bertz CT molecular complexity index is 444. The highest BCUT2D eigenvalue weighted by atomic mass is 32.1. The van der Waals surface area contributed by atoms with Crippen molar-refractivity contribution in [3.63, 3.8) is 0 Å². The number of nitrogens with zero attached hydrogens (tertiary/aromatic N) is 2. The molecule has 1 aromatic rings. The van der Waals surface area contributed by atoms with Crippen LogP contribution in [0.2, 0.25) is 0 Å². The van der Waals surface area contributed by atoms with E-state index in [4.69, 9.17) is 0 Å². The first-order valence-electron chi connectivity index (χ1n) is 6.79. The van der Waals surface area contributed by atoms with Crippen LogP contribution in [-0.4, -0.2) is 34.3 Å². The van der Waals surface area contributed by atoms with Crippen molar-refractivity contribution >= 4 is 22.0 Å². The van der Waals surface area contributed by atoms with Gasteiger partial charge >= 0.3 is 5.69 Å². The summed E-state index contributed by atoms with van der Waals surface area (Å²) in [6.45, 7) is 5.93. The van der Waals surface area contributed by atoms with Crippen molar-refractivity contribution in [1.29, 1.82) is 0 Å². The lowest BCUT2D eigenvalue weighted by atomic mass is 10.1. The predicted octanol–water partition coefficient (Wildman–Crippen LogP) is 2.70. The highest BCUT2D eigenvalue weighted by Crippen LogP contribution is 2.41. The van der Waals surface area contributed by atoms with Crippen LogP contribution < -0.4 is 4.90 Å². The summed E-state index contributed by atoms with van der Waals surface area (Å²) in [5, 5.41) is 30.6. The molecule has 0 saturated heterocycles. The zero-order valence-corrected chi connectivity index (χ0v) is 12.9. The molecule has 0 amide bonds. The van der Waals surface area contributed by atoms with E-state index < -0.39 is 11.0 Å². The van der Waals surface area contributed by atoms with Crippen LogP contribution >= 0.6 is 11.3 Å². The van der Waals surface area contributed by atoms with Gasteiger partial charge in [-0.2, -0.15) is 0 Å². The molecule has 2 N–H and O–H groups in total. The van der Waals surface area contributed by atoms with Crippen molar-refractivity contribution in [2.45, 2.75) is 45.8 Å². The second-order valence-electron chi connectivity index (χ2n) is 4.66. The Balaban J connectivity index is 3.26. The number of anilines is 1.